The second-order valence-corrected chi connectivity index (χ2v) is 5.33. The molecule has 1 aromatic carbocycles. The van der Waals surface area contributed by atoms with Crippen LogP contribution in [0.3, 0.4) is 0 Å². The van der Waals surface area contributed by atoms with E-state index in [0.717, 1.165) is 10.7 Å². The molecule has 1 N–H and O–H groups in total. The van der Waals surface area contributed by atoms with Crippen LogP contribution in [0.25, 0.3) is 0 Å². The standard InChI is InChI=1S/C14H19NOS/c1-9(2)14(17)15-13-8-12(13)10-5-4-6-11(7-10)16-3/h4-7,9,12-13H,8H2,1-3H3,(H,15,17). The highest BCUT2D eigenvalue weighted by atomic mass is 32.1. The maximum absolute atomic E-state index is 5.31. The van der Waals surface area contributed by atoms with Crippen molar-refractivity contribution in [3.05, 3.63) is 29.8 Å². The van der Waals surface area contributed by atoms with Crippen LogP contribution in [0, 0.1) is 5.92 Å². The molecule has 1 fully saturated rings. The number of benzene rings is 1. The van der Waals surface area contributed by atoms with Gasteiger partial charge in [-0.15, -0.1) is 0 Å². The second-order valence-electron chi connectivity index (χ2n) is 4.89. The van der Waals surface area contributed by atoms with Crippen molar-refractivity contribution in [2.24, 2.45) is 5.92 Å². The minimum Gasteiger partial charge on any atom is -0.497 e. The molecule has 2 unspecified atom stereocenters. The lowest BCUT2D eigenvalue weighted by Crippen LogP contribution is -2.28. The van der Waals surface area contributed by atoms with E-state index in [1.165, 1.54) is 12.0 Å². The summed E-state index contributed by atoms with van der Waals surface area (Å²) in [6, 6.07) is 8.81. The molecule has 1 aliphatic carbocycles. The largest absolute Gasteiger partial charge is 0.497 e. The average molecular weight is 249 g/mol. The number of ether oxygens (including phenoxy) is 1. The maximum atomic E-state index is 5.31. The molecule has 1 saturated carbocycles. The number of thiocarbonyl (C=S) groups is 1. The van der Waals surface area contributed by atoms with Gasteiger partial charge in [-0.2, -0.15) is 0 Å². The van der Waals surface area contributed by atoms with Gasteiger partial charge in [0.15, 0.2) is 0 Å². The molecule has 2 atom stereocenters. The molecule has 0 heterocycles. The van der Waals surface area contributed by atoms with Gasteiger partial charge in [0, 0.05) is 17.9 Å². The van der Waals surface area contributed by atoms with E-state index in [-0.39, 0.29) is 0 Å². The van der Waals surface area contributed by atoms with Gasteiger partial charge in [0.25, 0.3) is 0 Å². The van der Waals surface area contributed by atoms with E-state index in [4.69, 9.17) is 17.0 Å². The molecule has 17 heavy (non-hydrogen) atoms. The number of methoxy groups -OCH3 is 1. The highest BCUT2D eigenvalue weighted by molar-refractivity contribution is 7.80. The summed E-state index contributed by atoms with van der Waals surface area (Å²) in [5, 5.41) is 3.43. The van der Waals surface area contributed by atoms with Gasteiger partial charge in [0.2, 0.25) is 0 Å². The van der Waals surface area contributed by atoms with Gasteiger partial charge < -0.3 is 10.1 Å². The molecule has 0 amide bonds. The van der Waals surface area contributed by atoms with Gasteiger partial charge in [0.05, 0.1) is 12.1 Å². The monoisotopic (exact) mass is 249 g/mol. The summed E-state index contributed by atoms with van der Waals surface area (Å²) in [5.74, 6) is 1.94. The van der Waals surface area contributed by atoms with Crippen molar-refractivity contribution in [1.29, 1.82) is 0 Å². The first-order valence-electron chi connectivity index (χ1n) is 6.06. The number of nitrogens with one attached hydrogen (secondary N) is 1. The van der Waals surface area contributed by atoms with Crippen LogP contribution in [-0.4, -0.2) is 18.1 Å². The molecule has 0 radical (unpaired) electrons. The van der Waals surface area contributed by atoms with Crippen LogP contribution >= 0.6 is 12.2 Å². The predicted octanol–water partition coefficient (Wildman–Crippen LogP) is 3.12. The summed E-state index contributed by atoms with van der Waals surface area (Å²) in [6.07, 6.45) is 1.17. The summed E-state index contributed by atoms with van der Waals surface area (Å²) >= 11 is 5.31. The van der Waals surface area contributed by atoms with Gasteiger partial charge >= 0.3 is 0 Å². The first-order chi connectivity index (χ1) is 8.11. The van der Waals surface area contributed by atoms with Gasteiger partial charge in [-0.1, -0.05) is 38.2 Å². The van der Waals surface area contributed by atoms with E-state index in [9.17, 15) is 0 Å². The van der Waals surface area contributed by atoms with E-state index < -0.39 is 0 Å². The lowest BCUT2D eigenvalue weighted by atomic mass is 10.1. The molecule has 1 aliphatic rings. The fraction of sp³-hybridized carbons (Fsp3) is 0.500. The normalized spacial score (nSPS) is 22.4. The molecule has 1 aromatic rings. The Bertz CT molecular complexity index is 416. The molecule has 2 rings (SSSR count). The lowest BCUT2D eigenvalue weighted by Gasteiger charge is -2.10. The quantitative estimate of drug-likeness (QED) is 0.828. The van der Waals surface area contributed by atoms with Crippen LogP contribution in [0.2, 0.25) is 0 Å². The molecule has 0 bridgehead atoms. The minimum atomic E-state index is 0.427. The molecular formula is C14H19NOS. The number of hydrogen-bond donors (Lipinski definition) is 1. The molecule has 0 aromatic heterocycles. The van der Waals surface area contributed by atoms with Gasteiger partial charge in [-0.3, -0.25) is 0 Å². The maximum Gasteiger partial charge on any atom is 0.119 e. The van der Waals surface area contributed by atoms with E-state index in [1.807, 2.05) is 12.1 Å². The van der Waals surface area contributed by atoms with Crippen molar-refractivity contribution in [2.45, 2.75) is 32.2 Å². The third-order valence-corrected chi connectivity index (χ3v) is 3.75. The molecular weight excluding hydrogens is 230 g/mol. The van der Waals surface area contributed by atoms with E-state index in [0.29, 0.717) is 17.9 Å². The average Bonchev–Trinajstić information content (AvgIpc) is 3.08. The summed E-state index contributed by atoms with van der Waals surface area (Å²) in [6.45, 7) is 4.25. The molecule has 3 heteroatoms. The van der Waals surface area contributed by atoms with Gasteiger partial charge in [0.1, 0.15) is 5.75 Å². The third-order valence-electron chi connectivity index (χ3n) is 3.16. The summed E-state index contributed by atoms with van der Waals surface area (Å²) in [5.41, 5.74) is 1.34. The van der Waals surface area contributed by atoms with Crippen LogP contribution in [0.1, 0.15) is 31.7 Å². The molecule has 0 spiro atoms. The van der Waals surface area contributed by atoms with Crippen LogP contribution in [-0.2, 0) is 0 Å². The van der Waals surface area contributed by atoms with Crippen LogP contribution in [0.15, 0.2) is 24.3 Å². The van der Waals surface area contributed by atoms with Gasteiger partial charge in [-0.25, -0.2) is 0 Å². The molecule has 2 nitrogen and oxygen atoms in total. The summed E-state index contributed by atoms with van der Waals surface area (Å²) in [4.78, 5) is 0.973. The Morgan fingerprint density at radius 1 is 1.47 bits per heavy atom. The Morgan fingerprint density at radius 3 is 2.88 bits per heavy atom. The fourth-order valence-corrected chi connectivity index (χ4v) is 2.10. The topological polar surface area (TPSA) is 21.3 Å². The van der Waals surface area contributed by atoms with Crippen LogP contribution in [0.4, 0.5) is 0 Å². The highest BCUT2D eigenvalue weighted by Crippen LogP contribution is 2.41. The zero-order valence-electron chi connectivity index (χ0n) is 10.6. The Kier molecular flexibility index (Phi) is 3.67. The Labute approximate surface area is 108 Å². The zero-order valence-corrected chi connectivity index (χ0v) is 11.4. The van der Waals surface area contributed by atoms with E-state index in [2.05, 4.69) is 31.3 Å². The SMILES string of the molecule is COc1cccc(C2CC2NC(=S)C(C)C)c1. The molecule has 0 aliphatic heterocycles. The van der Waals surface area contributed by atoms with Crippen molar-refractivity contribution in [3.63, 3.8) is 0 Å². The Morgan fingerprint density at radius 2 is 2.24 bits per heavy atom. The second kappa shape index (κ2) is 5.05. The number of hydrogen-bond acceptors (Lipinski definition) is 2. The van der Waals surface area contributed by atoms with Crippen LogP contribution in [0.5, 0.6) is 5.75 Å². The smallest absolute Gasteiger partial charge is 0.119 e. The fourth-order valence-electron chi connectivity index (χ4n) is 1.94. The predicted molar refractivity (Wildman–Crippen MR) is 74.7 cm³/mol. The van der Waals surface area contributed by atoms with Crippen molar-refractivity contribution < 1.29 is 4.74 Å². The van der Waals surface area contributed by atoms with Gasteiger partial charge in [-0.05, 0) is 24.1 Å². The lowest BCUT2D eigenvalue weighted by molar-refractivity contribution is 0.414. The van der Waals surface area contributed by atoms with Crippen molar-refractivity contribution in [1.82, 2.24) is 5.32 Å². The van der Waals surface area contributed by atoms with E-state index in [1.54, 1.807) is 7.11 Å². The van der Waals surface area contributed by atoms with Crippen LogP contribution < -0.4 is 10.1 Å². The zero-order chi connectivity index (χ0) is 12.4. The minimum absolute atomic E-state index is 0.427. The number of rotatable bonds is 4. The Hall–Kier alpha value is -1.09. The summed E-state index contributed by atoms with van der Waals surface area (Å²) in [7, 11) is 1.70. The van der Waals surface area contributed by atoms with Crippen molar-refractivity contribution in [2.75, 3.05) is 7.11 Å². The molecule has 0 saturated heterocycles. The molecule has 92 valence electrons. The first-order valence-corrected chi connectivity index (χ1v) is 6.47. The van der Waals surface area contributed by atoms with Crippen molar-refractivity contribution >= 4 is 17.2 Å². The first kappa shape index (κ1) is 12.4. The van der Waals surface area contributed by atoms with Crippen molar-refractivity contribution in [3.8, 4) is 5.75 Å². The van der Waals surface area contributed by atoms with E-state index >= 15 is 0 Å². The highest BCUT2D eigenvalue weighted by Gasteiger charge is 2.39. The summed E-state index contributed by atoms with van der Waals surface area (Å²) < 4.78 is 5.24. The Balaban J connectivity index is 1.95. The third kappa shape index (κ3) is 2.97.